The van der Waals surface area contributed by atoms with Gasteiger partial charge in [-0.05, 0) is 40.3 Å². The fraction of sp³-hybridized carbons (Fsp3) is 0.259. The average Bonchev–Trinajstić information content (AvgIpc) is 3.03. The van der Waals surface area contributed by atoms with Crippen molar-refractivity contribution in [2.24, 2.45) is 0 Å². The molecule has 4 rings (SSSR count). The zero-order chi connectivity index (χ0) is 22.1. The van der Waals surface area contributed by atoms with Crippen LogP contribution in [0.25, 0.3) is 16.5 Å². The summed E-state index contributed by atoms with van der Waals surface area (Å²) in [4.78, 5) is 27.4. The van der Waals surface area contributed by atoms with E-state index in [0.29, 0.717) is 18.0 Å². The van der Waals surface area contributed by atoms with Gasteiger partial charge in [0.05, 0.1) is 11.6 Å². The Kier molecular flexibility index (Phi) is 5.64. The van der Waals surface area contributed by atoms with E-state index in [0.717, 1.165) is 22.8 Å². The molecule has 31 heavy (non-hydrogen) atoms. The van der Waals surface area contributed by atoms with Crippen LogP contribution in [0.3, 0.4) is 0 Å². The van der Waals surface area contributed by atoms with E-state index in [1.807, 2.05) is 67.6 Å². The molecule has 3 aromatic carbocycles. The molecule has 0 radical (unpaired) electrons. The second-order valence-corrected chi connectivity index (χ2v) is 8.38. The van der Waals surface area contributed by atoms with Crippen molar-refractivity contribution in [3.8, 4) is 0 Å². The van der Waals surface area contributed by atoms with Crippen molar-refractivity contribution in [1.82, 2.24) is 4.90 Å². The van der Waals surface area contributed by atoms with E-state index in [2.05, 4.69) is 13.8 Å². The van der Waals surface area contributed by atoms with Crippen LogP contribution in [0.5, 0.6) is 0 Å². The molecular formula is C27H27NO3. The Morgan fingerprint density at radius 1 is 0.968 bits per heavy atom. The van der Waals surface area contributed by atoms with Crippen molar-refractivity contribution in [3.05, 3.63) is 89.0 Å². The van der Waals surface area contributed by atoms with Gasteiger partial charge in [0, 0.05) is 12.1 Å². The van der Waals surface area contributed by atoms with Gasteiger partial charge in [-0.25, -0.2) is 0 Å². The zero-order valence-electron chi connectivity index (χ0n) is 18.1. The van der Waals surface area contributed by atoms with Gasteiger partial charge < -0.3 is 10.0 Å². The molecule has 1 saturated heterocycles. The predicted molar refractivity (Wildman–Crippen MR) is 124 cm³/mol. The van der Waals surface area contributed by atoms with Crippen LogP contribution in [-0.4, -0.2) is 28.2 Å². The van der Waals surface area contributed by atoms with Crippen LogP contribution in [0, 0.1) is 0 Å². The number of carbonyl (C=O) groups is 2. The smallest absolute Gasteiger partial charge is 0.295 e. The number of carbonyl (C=O) groups excluding carboxylic acids is 2. The highest BCUT2D eigenvalue weighted by atomic mass is 16.3. The van der Waals surface area contributed by atoms with Crippen LogP contribution in [0.2, 0.25) is 0 Å². The highest BCUT2D eigenvalue weighted by Crippen LogP contribution is 2.40. The van der Waals surface area contributed by atoms with Crippen molar-refractivity contribution in [3.63, 3.8) is 0 Å². The summed E-state index contributed by atoms with van der Waals surface area (Å²) in [6, 6.07) is 20.8. The molecule has 1 heterocycles. The lowest BCUT2D eigenvalue weighted by Gasteiger charge is -2.25. The molecule has 4 nitrogen and oxygen atoms in total. The van der Waals surface area contributed by atoms with Crippen LogP contribution in [0.4, 0.5) is 0 Å². The summed E-state index contributed by atoms with van der Waals surface area (Å²) in [6.45, 7) is 6.67. The van der Waals surface area contributed by atoms with Crippen molar-refractivity contribution in [2.75, 3.05) is 6.54 Å². The number of hydrogen-bond acceptors (Lipinski definition) is 3. The number of aliphatic hydroxyl groups is 1. The van der Waals surface area contributed by atoms with E-state index < -0.39 is 17.7 Å². The SMILES string of the molecule is CCCN1C(=O)C(=O)/C(=C(\O)c2ccc3ccccc3c2)C1c1ccc(C(C)C)cc1. The van der Waals surface area contributed by atoms with E-state index in [1.165, 1.54) is 5.56 Å². The van der Waals surface area contributed by atoms with Gasteiger partial charge in [0.25, 0.3) is 11.7 Å². The zero-order valence-corrected chi connectivity index (χ0v) is 18.1. The van der Waals surface area contributed by atoms with Crippen LogP contribution in [0.15, 0.2) is 72.3 Å². The van der Waals surface area contributed by atoms with Gasteiger partial charge in [0.2, 0.25) is 0 Å². The quantitative estimate of drug-likeness (QED) is 0.327. The molecule has 1 N–H and O–H groups in total. The number of likely N-dealkylation sites (tertiary alicyclic amines) is 1. The second kappa shape index (κ2) is 8.38. The fourth-order valence-electron chi connectivity index (χ4n) is 4.25. The third-order valence-corrected chi connectivity index (χ3v) is 5.95. The monoisotopic (exact) mass is 413 g/mol. The van der Waals surface area contributed by atoms with Gasteiger partial charge in [0.1, 0.15) is 5.76 Å². The Balaban J connectivity index is 1.86. The summed E-state index contributed by atoms with van der Waals surface area (Å²) in [6.07, 6.45) is 0.726. The van der Waals surface area contributed by atoms with Gasteiger partial charge in [-0.3, -0.25) is 9.59 Å². The summed E-state index contributed by atoms with van der Waals surface area (Å²) in [5.74, 6) is -0.923. The Bertz CT molecular complexity index is 1170. The van der Waals surface area contributed by atoms with Crippen LogP contribution >= 0.6 is 0 Å². The molecule has 158 valence electrons. The first-order valence-electron chi connectivity index (χ1n) is 10.8. The fourth-order valence-corrected chi connectivity index (χ4v) is 4.25. The molecule has 0 saturated carbocycles. The Hall–Kier alpha value is -3.40. The van der Waals surface area contributed by atoms with Gasteiger partial charge in [-0.1, -0.05) is 81.4 Å². The first kappa shape index (κ1) is 20.9. The maximum absolute atomic E-state index is 13.0. The molecule has 1 amide bonds. The predicted octanol–water partition coefficient (Wildman–Crippen LogP) is 5.79. The molecule has 0 aliphatic carbocycles. The summed E-state index contributed by atoms with van der Waals surface area (Å²) < 4.78 is 0. The van der Waals surface area contributed by atoms with E-state index in [1.54, 1.807) is 11.0 Å². The number of rotatable bonds is 5. The maximum atomic E-state index is 13.0. The van der Waals surface area contributed by atoms with Crippen LogP contribution < -0.4 is 0 Å². The molecule has 1 fully saturated rings. The van der Waals surface area contributed by atoms with E-state index in [4.69, 9.17) is 0 Å². The molecule has 0 aromatic heterocycles. The number of benzene rings is 3. The molecular weight excluding hydrogens is 386 g/mol. The van der Waals surface area contributed by atoms with Crippen molar-refractivity contribution in [1.29, 1.82) is 0 Å². The lowest BCUT2D eigenvalue weighted by atomic mass is 9.92. The van der Waals surface area contributed by atoms with Gasteiger partial charge in [0.15, 0.2) is 0 Å². The molecule has 4 heteroatoms. The molecule has 0 bridgehead atoms. The normalized spacial score (nSPS) is 18.3. The van der Waals surface area contributed by atoms with E-state index in [-0.39, 0.29) is 11.3 Å². The van der Waals surface area contributed by atoms with Gasteiger partial charge in [-0.2, -0.15) is 0 Å². The minimum atomic E-state index is -0.628. The van der Waals surface area contributed by atoms with Crippen molar-refractivity contribution < 1.29 is 14.7 Å². The largest absolute Gasteiger partial charge is 0.507 e. The lowest BCUT2D eigenvalue weighted by Crippen LogP contribution is -2.30. The van der Waals surface area contributed by atoms with Crippen LogP contribution in [0.1, 0.15) is 55.8 Å². The van der Waals surface area contributed by atoms with Crippen molar-refractivity contribution in [2.45, 2.75) is 39.2 Å². The summed E-state index contributed by atoms with van der Waals surface area (Å²) in [7, 11) is 0. The topological polar surface area (TPSA) is 57.6 Å². The molecule has 0 spiro atoms. The number of nitrogens with zero attached hydrogens (tertiary/aromatic N) is 1. The lowest BCUT2D eigenvalue weighted by molar-refractivity contribution is -0.139. The van der Waals surface area contributed by atoms with E-state index in [9.17, 15) is 14.7 Å². The first-order chi connectivity index (χ1) is 14.9. The molecule has 1 aliphatic rings. The second-order valence-electron chi connectivity index (χ2n) is 8.38. The number of fused-ring (bicyclic) bond motifs is 1. The molecule has 1 aliphatic heterocycles. The van der Waals surface area contributed by atoms with Crippen LogP contribution in [-0.2, 0) is 9.59 Å². The van der Waals surface area contributed by atoms with Crippen molar-refractivity contribution >= 4 is 28.2 Å². The third kappa shape index (κ3) is 3.74. The Morgan fingerprint density at radius 3 is 2.29 bits per heavy atom. The third-order valence-electron chi connectivity index (χ3n) is 5.95. The molecule has 1 atom stereocenters. The number of amides is 1. The van der Waals surface area contributed by atoms with E-state index >= 15 is 0 Å². The summed E-state index contributed by atoms with van der Waals surface area (Å²) in [5.41, 5.74) is 2.72. The average molecular weight is 414 g/mol. The molecule has 1 unspecified atom stereocenters. The maximum Gasteiger partial charge on any atom is 0.295 e. The van der Waals surface area contributed by atoms with Gasteiger partial charge in [-0.15, -0.1) is 0 Å². The van der Waals surface area contributed by atoms with Gasteiger partial charge >= 0.3 is 0 Å². The highest BCUT2D eigenvalue weighted by molar-refractivity contribution is 6.46. The Morgan fingerprint density at radius 2 is 1.65 bits per heavy atom. The summed E-state index contributed by atoms with van der Waals surface area (Å²) in [5, 5.41) is 13.2. The number of aliphatic hydroxyl groups excluding tert-OH is 1. The standard InChI is InChI=1S/C27H27NO3/c1-4-15-28-24(20-12-9-18(10-13-20)17(2)3)23(26(30)27(28)31)25(29)22-14-11-19-7-5-6-8-21(19)16-22/h5-14,16-17,24,29H,4,15H2,1-3H3/b25-23-. The number of ketones is 1. The number of Topliss-reactive ketones (excluding diaryl/α,β-unsaturated/α-hetero) is 1. The minimum Gasteiger partial charge on any atom is -0.507 e. The minimum absolute atomic E-state index is 0.124. The Labute approximate surface area is 182 Å². The summed E-state index contributed by atoms with van der Waals surface area (Å²) >= 11 is 0. The first-order valence-corrected chi connectivity index (χ1v) is 10.8. The number of hydrogen-bond donors (Lipinski definition) is 1. The molecule has 3 aromatic rings. The highest BCUT2D eigenvalue weighted by Gasteiger charge is 2.45.